The number of hydrogen-bond donors (Lipinski definition) is 2. The van der Waals surface area contributed by atoms with Crippen LogP contribution in [0, 0.1) is 0 Å². The first-order valence-corrected chi connectivity index (χ1v) is 7.95. The van der Waals surface area contributed by atoms with Crippen LogP contribution in [-0.4, -0.2) is 42.0 Å². The van der Waals surface area contributed by atoms with Crippen molar-refractivity contribution in [2.75, 3.05) is 25.5 Å². The number of rotatable bonds is 4. The number of anilines is 1. The SMILES string of the molecule is CN1CCC(Nc2cccc(-c3ccccc3C(N)=O)n2)CC1. The third kappa shape index (κ3) is 3.68. The van der Waals surface area contributed by atoms with E-state index in [-0.39, 0.29) is 0 Å². The highest BCUT2D eigenvalue weighted by Crippen LogP contribution is 2.23. The number of piperidine rings is 1. The minimum atomic E-state index is -0.434. The van der Waals surface area contributed by atoms with Crippen molar-refractivity contribution in [1.82, 2.24) is 9.88 Å². The summed E-state index contributed by atoms with van der Waals surface area (Å²) >= 11 is 0. The van der Waals surface area contributed by atoms with E-state index in [1.807, 2.05) is 36.4 Å². The molecule has 5 heteroatoms. The van der Waals surface area contributed by atoms with E-state index in [4.69, 9.17) is 5.73 Å². The Morgan fingerprint density at radius 3 is 2.65 bits per heavy atom. The van der Waals surface area contributed by atoms with Crippen LogP contribution < -0.4 is 11.1 Å². The van der Waals surface area contributed by atoms with E-state index in [9.17, 15) is 4.79 Å². The first-order valence-electron chi connectivity index (χ1n) is 7.95. The summed E-state index contributed by atoms with van der Waals surface area (Å²) in [6, 6.07) is 13.6. The fourth-order valence-corrected chi connectivity index (χ4v) is 2.95. The van der Waals surface area contributed by atoms with Crippen LogP contribution in [-0.2, 0) is 0 Å². The highest BCUT2D eigenvalue weighted by molar-refractivity contribution is 5.99. The molecule has 1 aromatic heterocycles. The summed E-state index contributed by atoms with van der Waals surface area (Å²) in [5.74, 6) is 0.410. The van der Waals surface area contributed by atoms with Crippen LogP contribution in [0.1, 0.15) is 23.2 Å². The Bertz CT molecular complexity index is 693. The molecule has 120 valence electrons. The number of benzene rings is 1. The van der Waals surface area contributed by atoms with Gasteiger partial charge in [0.2, 0.25) is 5.91 Å². The number of aromatic nitrogens is 1. The number of amides is 1. The van der Waals surface area contributed by atoms with Crippen LogP contribution in [0.3, 0.4) is 0 Å². The molecule has 0 radical (unpaired) electrons. The topological polar surface area (TPSA) is 71.2 Å². The summed E-state index contributed by atoms with van der Waals surface area (Å²) in [6.45, 7) is 2.20. The molecule has 1 aliphatic heterocycles. The third-order valence-electron chi connectivity index (χ3n) is 4.29. The van der Waals surface area contributed by atoms with Crippen molar-refractivity contribution < 1.29 is 4.79 Å². The molecule has 0 unspecified atom stereocenters. The fourth-order valence-electron chi connectivity index (χ4n) is 2.95. The van der Waals surface area contributed by atoms with Crippen LogP contribution >= 0.6 is 0 Å². The Hall–Kier alpha value is -2.40. The molecule has 0 bridgehead atoms. The highest BCUT2D eigenvalue weighted by Gasteiger charge is 2.17. The summed E-state index contributed by atoms with van der Waals surface area (Å²) in [7, 11) is 2.15. The molecule has 1 aliphatic rings. The molecular formula is C18H22N4O. The van der Waals surface area contributed by atoms with Crippen molar-refractivity contribution in [2.24, 2.45) is 5.73 Å². The summed E-state index contributed by atoms with van der Waals surface area (Å²) < 4.78 is 0. The summed E-state index contributed by atoms with van der Waals surface area (Å²) in [6.07, 6.45) is 2.22. The number of likely N-dealkylation sites (tertiary alicyclic amines) is 1. The summed E-state index contributed by atoms with van der Waals surface area (Å²) in [4.78, 5) is 18.6. The average molecular weight is 310 g/mol. The molecule has 0 aliphatic carbocycles. The van der Waals surface area contributed by atoms with Crippen LogP contribution in [0.15, 0.2) is 42.5 Å². The maximum absolute atomic E-state index is 11.6. The van der Waals surface area contributed by atoms with Gasteiger partial charge < -0.3 is 16.0 Å². The van der Waals surface area contributed by atoms with E-state index in [1.165, 1.54) is 0 Å². The normalized spacial score (nSPS) is 16.2. The van der Waals surface area contributed by atoms with Gasteiger partial charge in [0, 0.05) is 17.2 Å². The van der Waals surface area contributed by atoms with Gasteiger partial charge in [-0.15, -0.1) is 0 Å². The maximum atomic E-state index is 11.6. The van der Waals surface area contributed by atoms with Crippen molar-refractivity contribution in [3.8, 4) is 11.3 Å². The molecule has 3 N–H and O–H groups in total. The van der Waals surface area contributed by atoms with Crippen molar-refractivity contribution in [1.29, 1.82) is 0 Å². The second-order valence-electron chi connectivity index (χ2n) is 6.04. The van der Waals surface area contributed by atoms with Gasteiger partial charge in [0.1, 0.15) is 5.82 Å². The number of hydrogen-bond acceptors (Lipinski definition) is 4. The van der Waals surface area contributed by atoms with Crippen LogP contribution in [0.25, 0.3) is 11.3 Å². The Labute approximate surface area is 136 Å². The van der Waals surface area contributed by atoms with Gasteiger partial charge in [-0.1, -0.05) is 24.3 Å². The minimum Gasteiger partial charge on any atom is -0.367 e. The second kappa shape index (κ2) is 6.79. The zero-order chi connectivity index (χ0) is 16.2. The minimum absolute atomic E-state index is 0.434. The van der Waals surface area contributed by atoms with Gasteiger partial charge >= 0.3 is 0 Å². The van der Waals surface area contributed by atoms with Gasteiger partial charge in [-0.25, -0.2) is 4.98 Å². The number of nitrogens with one attached hydrogen (secondary N) is 1. The molecule has 2 heterocycles. The molecule has 1 aromatic carbocycles. The smallest absolute Gasteiger partial charge is 0.249 e. The predicted octanol–water partition coefficient (Wildman–Crippen LogP) is 2.35. The van der Waals surface area contributed by atoms with E-state index >= 15 is 0 Å². The predicted molar refractivity (Wildman–Crippen MR) is 92.3 cm³/mol. The van der Waals surface area contributed by atoms with Gasteiger partial charge in [-0.2, -0.15) is 0 Å². The molecule has 0 atom stereocenters. The number of carbonyl (C=O) groups excluding carboxylic acids is 1. The zero-order valence-corrected chi connectivity index (χ0v) is 13.3. The number of pyridine rings is 1. The lowest BCUT2D eigenvalue weighted by atomic mass is 10.0. The standard InChI is InChI=1S/C18H22N4O/c1-22-11-9-13(10-12-22)20-17-8-4-7-16(21-17)14-5-2-3-6-15(14)18(19)23/h2-8,13H,9-12H2,1H3,(H2,19,23)(H,20,21). The summed E-state index contributed by atoms with van der Waals surface area (Å²) in [5, 5.41) is 3.51. The lowest BCUT2D eigenvalue weighted by Gasteiger charge is -2.29. The van der Waals surface area contributed by atoms with Gasteiger partial charge in [0.15, 0.2) is 0 Å². The Balaban J connectivity index is 1.82. The molecule has 5 nitrogen and oxygen atoms in total. The van der Waals surface area contributed by atoms with E-state index in [0.717, 1.165) is 43.0 Å². The fraction of sp³-hybridized carbons (Fsp3) is 0.333. The van der Waals surface area contributed by atoms with Gasteiger partial charge in [-0.05, 0) is 51.2 Å². The molecule has 2 aromatic rings. The first kappa shape index (κ1) is 15.5. The molecule has 1 amide bonds. The Morgan fingerprint density at radius 2 is 1.91 bits per heavy atom. The van der Waals surface area contributed by atoms with Gasteiger partial charge in [0.05, 0.1) is 5.69 Å². The summed E-state index contributed by atoms with van der Waals surface area (Å²) in [5.41, 5.74) is 7.49. The van der Waals surface area contributed by atoms with E-state index in [1.54, 1.807) is 6.07 Å². The van der Waals surface area contributed by atoms with Crippen molar-refractivity contribution in [3.63, 3.8) is 0 Å². The monoisotopic (exact) mass is 310 g/mol. The maximum Gasteiger partial charge on any atom is 0.249 e. The van der Waals surface area contributed by atoms with Crippen molar-refractivity contribution in [2.45, 2.75) is 18.9 Å². The molecule has 23 heavy (non-hydrogen) atoms. The number of nitrogens with two attached hydrogens (primary N) is 1. The average Bonchev–Trinajstić information content (AvgIpc) is 2.57. The first-order chi connectivity index (χ1) is 11.1. The van der Waals surface area contributed by atoms with Crippen LogP contribution in [0.4, 0.5) is 5.82 Å². The van der Waals surface area contributed by atoms with Crippen LogP contribution in [0.5, 0.6) is 0 Å². The third-order valence-corrected chi connectivity index (χ3v) is 4.29. The number of carbonyl (C=O) groups is 1. The number of primary amides is 1. The molecule has 0 saturated carbocycles. The zero-order valence-electron chi connectivity index (χ0n) is 13.3. The van der Waals surface area contributed by atoms with Gasteiger partial charge in [0.25, 0.3) is 0 Å². The Kier molecular flexibility index (Phi) is 4.57. The molecule has 1 fully saturated rings. The van der Waals surface area contributed by atoms with Gasteiger partial charge in [-0.3, -0.25) is 4.79 Å². The van der Waals surface area contributed by atoms with E-state index in [0.29, 0.717) is 11.6 Å². The number of nitrogens with zero attached hydrogens (tertiary/aromatic N) is 2. The Morgan fingerprint density at radius 1 is 1.17 bits per heavy atom. The molecular weight excluding hydrogens is 288 g/mol. The lowest BCUT2D eigenvalue weighted by Crippen LogP contribution is -2.36. The van der Waals surface area contributed by atoms with E-state index < -0.39 is 5.91 Å². The quantitative estimate of drug-likeness (QED) is 0.909. The molecule has 0 spiro atoms. The van der Waals surface area contributed by atoms with E-state index in [2.05, 4.69) is 22.2 Å². The largest absolute Gasteiger partial charge is 0.367 e. The molecule has 1 saturated heterocycles. The van der Waals surface area contributed by atoms with Crippen LogP contribution in [0.2, 0.25) is 0 Å². The van der Waals surface area contributed by atoms with Crippen molar-refractivity contribution in [3.05, 3.63) is 48.0 Å². The second-order valence-corrected chi connectivity index (χ2v) is 6.04. The molecule has 3 rings (SSSR count). The lowest BCUT2D eigenvalue weighted by molar-refractivity contribution is 0.100. The van der Waals surface area contributed by atoms with Crippen molar-refractivity contribution >= 4 is 11.7 Å². The highest BCUT2D eigenvalue weighted by atomic mass is 16.1.